The van der Waals surface area contributed by atoms with Crippen molar-refractivity contribution in [3.8, 4) is 0 Å². The second kappa shape index (κ2) is 13.3. The average molecular weight is 392 g/mol. The van der Waals surface area contributed by atoms with Gasteiger partial charge in [-0.1, -0.05) is 84.9 Å². The number of amides is 1. The number of carbonyl (C=O) groups is 1. The standard InChI is InChI=1S/C24H42NOP/c1-6-7-8-9-10-14-23(25-24(26)17-27)21-13-11-12-20(15-18(2)3)22(21)16-19(4)5/h11-13,18-19,23H,6-10,14-17,27H2,1-5H3,(H,25,26). The number of hydrogen-bond acceptors (Lipinski definition) is 1. The molecule has 1 aromatic carbocycles. The quantitative estimate of drug-likeness (QED) is 0.303. The summed E-state index contributed by atoms with van der Waals surface area (Å²) in [5.41, 5.74) is 4.29. The normalized spacial score (nSPS) is 12.6. The van der Waals surface area contributed by atoms with E-state index in [1.807, 2.05) is 0 Å². The molecule has 1 rings (SSSR count). The number of nitrogens with one attached hydrogen (secondary N) is 1. The molecule has 27 heavy (non-hydrogen) atoms. The first-order valence-electron chi connectivity index (χ1n) is 11.0. The van der Waals surface area contributed by atoms with Gasteiger partial charge >= 0.3 is 0 Å². The zero-order valence-electron chi connectivity index (χ0n) is 18.3. The van der Waals surface area contributed by atoms with Gasteiger partial charge in [0.1, 0.15) is 0 Å². The number of rotatable bonds is 13. The van der Waals surface area contributed by atoms with Crippen LogP contribution in [-0.2, 0) is 17.6 Å². The molecule has 0 fully saturated rings. The Hall–Kier alpha value is -0.880. The minimum absolute atomic E-state index is 0.128. The molecule has 0 saturated carbocycles. The molecular weight excluding hydrogens is 349 g/mol. The molecule has 0 aliphatic carbocycles. The summed E-state index contributed by atoms with van der Waals surface area (Å²) in [7, 11) is 2.55. The Kier molecular flexibility index (Phi) is 11.9. The number of benzene rings is 1. The first-order valence-corrected chi connectivity index (χ1v) is 11.8. The topological polar surface area (TPSA) is 29.1 Å². The van der Waals surface area contributed by atoms with E-state index in [1.54, 1.807) is 0 Å². The summed E-state index contributed by atoms with van der Waals surface area (Å²) < 4.78 is 0. The summed E-state index contributed by atoms with van der Waals surface area (Å²) in [6.07, 6.45) is 10.0. The van der Waals surface area contributed by atoms with Gasteiger partial charge in [-0.2, -0.15) is 0 Å². The van der Waals surface area contributed by atoms with E-state index in [-0.39, 0.29) is 11.9 Å². The minimum atomic E-state index is 0.128. The van der Waals surface area contributed by atoms with Crippen molar-refractivity contribution < 1.29 is 4.79 Å². The Morgan fingerprint density at radius 1 is 1.00 bits per heavy atom. The van der Waals surface area contributed by atoms with E-state index in [9.17, 15) is 4.79 Å². The highest BCUT2D eigenvalue weighted by molar-refractivity contribution is 7.18. The monoisotopic (exact) mass is 391 g/mol. The molecule has 0 saturated heterocycles. The fourth-order valence-electron chi connectivity index (χ4n) is 3.78. The van der Waals surface area contributed by atoms with E-state index in [0.717, 1.165) is 19.3 Å². The Bertz CT molecular complexity index is 553. The summed E-state index contributed by atoms with van der Waals surface area (Å²) in [6, 6.07) is 6.87. The van der Waals surface area contributed by atoms with Crippen molar-refractivity contribution in [3.05, 3.63) is 34.9 Å². The van der Waals surface area contributed by atoms with E-state index < -0.39 is 0 Å². The van der Waals surface area contributed by atoms with E-state index in [1.165, 1.54) is 48.8 Å². The molecular formula is C24H42NOP. The van der Waals surface area contributed by atoms with Gasteiger partial charge in [-0.15, -0.1) is 9.24 Å². The van der Waals surface area contributed by atoms with Crippen LogP contribution >= 0.6 is 9.24 Å². The lowest BCUT2D eigenvalue weighted by Gasteiger charge is -2.25. The minimum Gasteiger partial charge on any atom is -0.349 e. The van der Waals surface area contributed by atoms with Gasteiger partial charge in [0.2, 0.25) is 5.91 Å². The Morgan fingerprint density at radius 2 is 1.67 bits per heavy atom. The second-order valence-electron chi connectivity index (χ2n) is 8.71. The zero-order valence-corrected chi connectivity index (χ0v) is 19.5. The van der Waals surface area contributed by atoms with E-state index in [2.05, 4.69) is 67.4 Å². The average Bonchev–Trinajstić information content (AvgIpc) is 2.61. The number of carbonyl (C=O) groups excluding carboxylic acids is 1. The van der Waals surface area contributed by atoms with Gasteiger partial charge in [0.05, 0.1) is 6.04 Å². The summed E-state index contributed by atoms with van der Waals surface area (Å²) in [4.78, 5) is 12.2. The molecule has 0 heterocycles. The van der Waals surface area contributed by atoms with Crippen LogP contribution in [0.4, 0.5) is 0 Å². The molecule has 1 N–H and O–H groups in total. The van der Waals surface area contributed by atoms with Crippen LogP contribution in [0.1, 0.15) is 95.9 Å². The molecule has 0 radical (unpaired) electrons. The fraction of sp³-hybridized carbons (Fsp3) is 0.708. The molecule has 0 aliphatic heterocycles. The third kappa shape index (κ3) is 9.24. The molecule has 3 heteroatoms. The van der Waals surface area contributed by atoms with Gasteiger partial charge in [0.25, 0.3) is 0 Å². The number of hydrogen-bond donors (Lipinski definition) is 1. The van der Waals surface area contributed by atoms with Crippen LogP contribution in [-0.4, -0.2) is 12.1 Å². The predicted molar refractivity (Wildman–Crippen MR) is 122 cm³/mol. The third-order valence-electron chi connectivity index (χ3n) is 5.04. The predicted octanol–water partition coefficient (Wildman–Crippen LogP) is 6.48. The Morgan fingerprint density at radius 3 is 2.26 bits per heavy atom. The van der Waals surface area contributed by atoms with Crippen molar-refractivity contribution in [1.29, 1.82) is 0 Å². The summed E-state index contributed by atoms with van der Waals surface area (Å²) in [5, 5.41) is 3.31. The maximum absolute atomic E-state index is 12.2. The Balaban J connectivity index is 3.10. The smallest absolute Gasteiger partial charge is 0.224 e. The van der Waals surface area contributed by atoms with Gasteiger partial charge in [-0.25, -0.2) is 0 Å². The molecule has 1 aromatic rings. The molecule has 2 atom stereocenters. The van der Waals surface area contributed by atoms with Gasteiger partial charge in [0, 0.05) is 6.16 Å². The fourth-order valence-corrected chi connectivity index (χ4v) is 3.90. The maximum Gasteiger partial charge on any atom is 0.224 e. The highest BCUT2D eigenvalue weighted by Gasteiger charge is 2.20. The molecule has 2 unspecified atom stereocenters. The van der Waals surface area contributed by atoms with Gasteiger partial charge in [0.15, 0.2) is 0 Å². The van der Waals surface area contributed by atoms with Crippen molar-refractivity contribution in [2.45, 2.75) is 92.0 Å². The summed E-state index contributed by atoms with van der Waals surface area (Å²) in [5.74, 6) is 1.38. The summed E-state index contributed by atoms with van der Waals surface area (Å²) in [6.45, 7) is 11.4. The first-order chi connectivity index (χ1) is 12.9. The van der Waals surface area contributed by atoms with Crippen LogP contribution in [0.5, 0.6) is 0 Å². The van der Waals surface area contributed by atoms with Crippen LogP contribution in [0.15, 0.2) is 18.2 Å². The van der Waals surface area contributed by atoms with E-state index in [0.29, 0.717) is 18.0 Å². The van der Waals surface area contributed by atoms with Crippen LogP contribution < -0.4 is 5.32 Å². The molecule has 0 bridgehead atoms. The molecule has 2 nitrogen and oxygen atoms in total. The lowest BCUT2D eigenvalue weighted by Crippen LogP contribution is -2.30. The van der Waals surface area contributed by atoms with Crippen LogP contribution in [0.25, 0.3) is 0 Å². The largest absolute Gasteiger partial charge is 0.349 e. The first kappa shape index (κ1) is 24.2. The van der Waals surface area contributed by atoms with Crippen molar-refractivity contribution in [2.24, 2.45) is 11.8 Å². The molecule has 154 valence electrons. The number of unbranched alkanes of at least 4 members (excludes halogenated alkanes) is 4. The molecule has 0 aromatic heterocycles. The van der Waals surface area contributed by atoms with Gasteiger partial charge < -0.3 is 5.32 Å². The van der Waals surface area contributed by atoms with Crippen LogP contribution in [0.3, 0.4) is 0 Å². The van der Waals surface area contributed by atoms with E-state index >= 15 is 0 Å². The highest BCUT2D eigenvalue weighted by Crippen LogP contribution is 2.29. The second-order valence-corrected chi connectivity index (χ2v) is 9.12. The zero-order chi connectivity index (χ0) is 20.2. The third-order valence-corrected chi connectivity index (χ3v) is 5.41. The van der Waals surface area contributed by atoms with Crippen molar-refractivity contribution in [1.82, 2.24) is 5.32 Å². The molecule has 0 aliphatic rings. The lowest BCUT2D eigenvalue weighted by molar-refractivity contribution is -0.119. The molecule has 1 amide bonds. The Labute approximate surface area is 170 Å². The van der Waals surface area contributed by atoms with E-state index in [4.69, 9.17) is 0 Å². The van der Waals surface area contributed by atoms with Crippen molar-refractivity contribution in [3.63, 3.8) is 0 Å². The van der Waals surface area contributed by atoms with Crippen LogP contribution in [0.2, 0.25) is 0 Å². The lowest BCUT2D eigenvalue weighted by atomic mass is 9.85. The van der Waals surface area contributed by atoms with Crippen LogP contribution in [0, 0.1) is 11.8 Å². The highest BCUT2D eigenvalue weighted by atomic mass is 31.0. The SMILES string of the molecule is CCCCCCCC(NC(=O)CP)c1cccc(CC(C)C)c1CC(C)C. The summed E-state index contributed by atoms with van der Waals surface area (Å²) >= 11 is 0. The van der Waals surface area contributed by atoms with Gasteiger partial charge in [-0.05, 0) is 47.8 Å². The maximum atomic E-state index is 12.2. The van der Waals surface area contributed by atoms with Gasteiger partial charge in [-0.3, -0.25) is 4.79 Å². The van der Waals surface area contributed by atoms with Crippen molar-refractivity contribution in [2.75, 3.05) is 6.16 Å². The molecule has 0 spiro atoms. The van der Waals surface area contributed by atoms with Crippen molar-refractivity contribution >= 4 is 15.1 Å².